The van der Waals surface area contributed by atoms with Crippen molar-refractivity contribution in [3.63, 3.8) is 0 Å². The molecule has 0 saturated carbocycles. The van der Waals surface area contributed by atoms with Crippen molar-refractivity contribution in [1.82, 2.24) is 0 Å². The van der Waals surface area contributed by atoms with Gasteiger partial charge in [-0.3, -0.25) is 0 Å². The Morgan fingerprint density at radius 2 is 1.63 bits per heavy atom. The fraction of sp³-hybridized carbons (Fsp3) is 0.200. The van der Waals surface area contributed by atoms with Gasteiger partial charge in [0.2, 0.25) is 0 Å². The lowest BCUT2D eigenvalue weighted by atomic mass is 10.1. The minimum atomic E-state index is -1.44. The van der Waals surface area contributed by atoms with Crippen LogP contribution < -0.4 is 4.74 Å². The van der Waals surface area contributed by atoms with Gasteiger partial charge in [-0.25, -0.2) is 22.4 Å². The number of halogens is 4. The van der Waals surface area contributed by atoms with Crippen molar-refractivity contribution in [3.05, 3.63) is 76.4 Å². The Bertz CT molecular complexity index is 886. The third kappa shape index (κ3) is 4.94. The Labute approximate surface area is 153 Å². The zero-order chi connectivity index (χ0) is 20.0. The largest absolute Gasteiger partial charge is 0.423 e. The van der Waals surface area contributed by atoms with Crippen LogP contribution in [0.3, 0.4) is 0 Å². The number of aryl methyl sites for hydroxylation is 1. The van der Waals surface area contributed by atoms with E-state index < -0.39 is 46.1 Å². The van der Waals surface area contributed by atoms with Crippen LogP contribution in [0.25, 0.3) is 0 Å². The van der Waals surface area contributed by atoms with Gasteiger partial charge in [0.05, 0.1) is 0 Å². The number of benzene rings is 2. The average molecular weight is 377 g/mol. The molecule has 0 spiro atoms. The molecule has 0 aliphatic heterocycles. The summed E-state index contributed by atoms with van der Waals surface area (Å²) < 4.78 is 60.1. The summed E-state index contributed by atoms with van der Waals surface area (Å²) in [6.45, 7) is 1.96. The molecule has 140 valence electrons. The van der Waals surface area contributed by atoms with E-state index in [-0.39, 0.29) is 0 Å². The van der Waals surface area contributed by atoms with E-state index in [1.807, 2.05) is 19.1 Å². The van der Waals surface area contributed by atoms with Crippen molar-refractivity contribution in [2.75, 3.05) is 0 Å². The molecule has 27 heavy (non-hydrogen) atoms. The number of ether oxygens (including phenoxy) is 1. The van der Waals surface area contributed by atoms with Gasteiger partial charge in [0.1, 0.15) is 46.2 Å². The SMILES string of the molecule is CC/C=C/CCc1cc(F)c(C(=O)Oc2cc(F)c(C#N)c(F)c2)c(F)c1. The molecule has 0 fully saturated rings. The first-order valence-electron chi connectivity index (χ1n) is 8.11. The summed E-state index contributed by atoms with van der Waals surface area (Å²) >= 11 is 0. The van der Waals surface area contributed by atoms with Crippen molar-refractivity contribution in [2.24, 2.45) is 0 Å². The number of hydrogen-bond acceptors (Lipinski definition) is 3. The molecular formula is C20H15F4NO2. The fourth-order valence-corrected chi connectivity index (χ4v) is 2.37. The molecule has 2 aromatic rings. The molecule has 0 atom stereocenters. The maximum atomic E-state index is 14.2. The van der Waals surface area contributed by atoms with Crippen molar-refractivity contribution in [1.29, 1.82) is 5.26 Å². The second kappa shape index (κ2) is 8.99. The maximum absolute atomic E-state index is 14.2. The molecule has 3 nitrogen and oxygen atoms in total. The Balaban J connectivity index is 2.22. The lowest BCUT2D eigenvalue weighted by molar-refractivity contribution is 0.0723. The molecule has 0 N–H and O–H groups in total. The van der Waals surface area contributed by atoms with Gasteiger partial charge in [0.15, 0.2) is 0 Å². The van der Waals surface area contributed by atoms with E-state index in [0.29, 0.717) is 30.5 Å². The molecule has 2 rings (SSSR count). The van der Waals surface area contributed by atoms with E-state index in [4.69, 9.17) is 5.26 Å². The highest BCUT2D eigenvalue weighted by molar-refractivity contribution is 5.91. The number of hydrogen-bond donors (Lipinski definition) is 0. The molecule has 2 aromatic carbocycles. The molecule has 0 unspecified atom stereocenters. The third-order valence-corrected chi connectivity index (χ3v) is 3.65. The van der Waals surface area contributed by atoms with Crippen LogP contribution in [0.5, 0.6) is 5.75 Å². The third-order valence-electron chi connectivity index (χ3n) is 3.65. The van der Waals surface area contributed by atoms with Crippen molar-refractivity contribution in [3.8, 4) is 11.8 Å². The molecule has 0 saturated heterocycles. The lowest BCUT2D eigenvalue weighted by Crippen LogP contribution is -2.14. The molecule has 0 amide bonds. The van der Waals surface area contributed by atoms with Crippen LogP contribution in [0, 0.1) is 34.6 Å². The zero-order valence-corrected chi connectivity index (χ0v) is 14.4. The molecular weight excluding hydrogens is 362 g/mol. The highest BCUT2D eigenvalue weighted by Crippen LogP contribution is 2.23. The number of nitriles is 1. The molecule has 7 heteroatoms. The first-order valence-corrected chi connectivity index (χ1v) is 8.11. The normalized spacial score (nSPS) is 10.8. The monoisotopic (exact) mass is 377 g/mol. The molecule has 0 heterocycles. The smallest absolute Gasteiger partial charge is 0.349 e. The topological polar surface area (TPSA) is 50.1 Å². The second-order valence-corrected chi connectivity index (χ2v) is 5.62. The van der Waals surface area contributed by atoms with Gasteiger partial charge in [0, 0.05) is 12.1 Å². The molecule has 0 aliphatic rings. The predicted octanol–water partition coefficient (Wildman–Crippen LogP) is 5.23. The number of nitrogens with zero attached hydrogens (tertiary/aromatic N) is 1. The van der Waals surface area contributed by atoms with Crippen molar-refractivity contribution >= 4 is 5.97 Å². The number of rotatable bonds is 6. The number of allylic oxidation sites excluding steroid dienone is 2. The summed E-state index contributed by atoms with van der Waals surface area (Å²) in [6, 6.07) is 4.51. The van der Waals surface area contributed by atoms with Crippen LogP contribution in [0.15, 0.2) is 36.4 Å². The Kier molecular flexibility index (Phi) is 6.72. The van der Waals surface area contributed by atoms with Crippen LogP contribution in [0.2, 0.25) is 0 Å². The maximum Gasteiger partial charge on any atom is 0.349 e. The molecule has 0 aliphatic carbocycles. The molecule has 0 bridgehead atoms. The first-order chi connectivity index (χ1) is 12.9. The van der Waals surface area contributed by atoms with E-state index in [1.54, 1.807) is 0 Å². The zero-order valence-electron chi connectivity index (χ0n) is 14.4. The summed E-state index contributed by atoms with van der Waals surface area (Å²) in [5.74, 6) is -6.82. The van der Waals surface area contributed by atoms with Gasteiger partial charge >= 0.3 is 5.97 Å². The molecule has 0 aromatic heterocycles. The van der Waals surface area contributed by atoms with E-state index in [0.717, 1.165) is 18.6 Å². The summed E-state index contributed by atoms with van der Waals surface area (Å²) in [5.41, 5.74) is -1.46. The minimum absolute atomic E-state index is 0.359. The van der Waals surface area contributed by atoms with Gasteiger partial charge < -0.3 is 4.74 Å². The first kappa shape index (κ1) is 20.2. The standard InChI is InChI=1S/C20H15F4NO2/c1-2-3-4-5-6-12-7-17(23)19(18(24)8-12)20(26)27-13-9-15(21)14(11-25)16(22)10-13/h3-4,7-10H,2,5-6H2,1H3/b4-3+. The van der Waals surface area contributed by atoms with Crippen LogP contribution in [0.1, 0.15) is 41.3 Å². The minimum Gasteiger partial charge on any atom is -0.423 e. The second-order valence-electron chi connectivity index (χ2n) is 5.62. The van der Waals surface area contributed by atoms with E-state index in [1.165, 1.54) is 6.07 Å². The fourth-order valence-electron chi connectivity index (χ4n) is 2.37. The van der Waals surface area contributed by atoms with Crippen LogP contribution >= 0.6 is 0 Å². The van der Waals surface area contributed by atoms with E-state index in [9.17, 15) is 22.4 Å². The Hall–Kier alpha value is -3.14. The van der Waals surface area contributed by atoms with Crippen LogP contribution in [-0.2, 0) is 6.42 Å². The summed E-state index contributed by atoms with van der Waals surface area (Å²) in [4.78, 5) is 12.0. The number of esters is 1. The van der Waals surface area contributed by atoms with Crippen molar-refractivity contribution in [2.45, 2.75) is 26.2 Å². The van der Waals surface area contributed by atoms with Gasteiger partial charge in [-0.1, -0.05) is 19.1 Å². The quantitative estimate of drug-likeness (QED) is 0.300. The van der Waals surface area contributed by atoms with Gasteiger partial charge in [-0.05, 0) is 37.0 Å². The highest BCUT2D eigenvalue weighted by atomic mass is 19.1. The Morgan fingerprint density at radius 3 is 2.15 bits per heavy atom. The Morgan fingerprint density at radius 1 is 1.04 bits per heavy atom. The lowest BCUT2D eigenvalue weighted by Gasteiger charge is -2.09. The predicted molar refractivity (Wildman–Crippen MR) is 90.1 cm³/mol. The summed E-state index contributed by atoms with van der Waals surface area (Å²) in [5, 5.41) is 8.60. The van der Waals surface area contributed by atoms with Crippen LogP contribution in [-0.4, -0.2) is 5.97 Å². The number of carbonyl (C=O) groups excluding carboxylic acids is 1. The average Bonchev–Trinajstić information content (AvgIpc) is 2.58. The summed E-state index contributed by atoms with van der Waals surface area (Å²) in [6.07, 6.45) is 5.62. The van der Waals surface area contributed by atoms with Gasteiger partial charge in [0.25, 0.3) is 0 Å². The van der Waals surface area contributed by atoms with E-state index in [2.05, 4.69) is 4.74 Å². The highest BCUT2D eigenvalue weighted by Gasteiger charge is 2.22. The van der Waals surface area contributed by atoms with Crippen LogP contribution in [0.4, 0.5) is 17.6 Å². The van der Waals surface area contributed by atoms with Crippen molar-refractivity contribution < 1.29 is 27.1 Å². The van der Waals surface area contributed by atoms with Gasteiger partial charge in [-0.15, -0.1) is 0 Å². The molecule has 0 radical (unpaired) electrons. The number of carbonyl (C=O) groups is 1. The summed E-state index contributed by atoms with van der Waals surface area (Å²) in [7, 11) is 0. The van der Waals surface area contributed by atoms with E-state index >= 15 is 0 Å². The van der Waals surface area contributed by atoms with Gasteiger partial charge in [-0.2, -0.15) is 5.26 Å².